The molecule has 4 rings (SSSR count). The molecule has 144 valence electrons. The standard InChI is InChI=1S/C21H18ClNO4S/c1-2-3-8-23-18(16-5-4-9-28-16)17(20(25)21(23)26)19(24)15-11-12-10-13(22)6-7-14(12)27-15/h4-7,9-11,18,25H,2-3,8H2,1H3. The number of rotatable bonds is 6. The number of benzene rings is 1. The predicted octanol–water partition coefficient (Wildman–Crippen LogP) is 5.53. The summed E-state index contributed by atoms with van der Waals surface area (Å²) in [5.74, 6) is -1.44. The number of aliphatic hydroxyl groups is 1. The minimum Gasteiger partial charge on any atom is -0.503 e. The molecule has 0 aliphatic carbocycles. The molecular formula is C21H18ClNO4S. The van der Waals surface area contributed by atoms with Crippen molar-refractivity contribution in [3.63, 3.8) is 0 Å². The van der Waals surface area contributed by atoms with Gasteiger partial charge in [-0.05, 0) is 42.1 Å². The van der Waals surface area contributed by atoms with Crippen LogP contribution in [0.5, 0.6) is 0 Å². The molecule has 2 aromatic heterocycles. The minimum atomic E-state index is -0.608. The summed E-state index contributed by atoms with van der Waals surface area (Å²) >= 11 is 7.45. The molecular weight excluding hydrogens is 398 g/mol. The molecule has 7 heteroatoms. The number of nitrogens with zero attached hydrogens (tertiary/aromatic N) is 1. The fourth-order valence-electron chi connectivity index (χ4n) is 3.45. The zero-order valence-corrected chi connectivity index (χ0v) is 16.7. The van der Waals surface area contributed by atoms with E-state index in [1.165, 1.54) is 11.3 Å². The van der Waals surface area contributed by atoms with Crippen molar-refractivity contribution in [2.24, 2.45) is 0 Å². The Morgan fingerprint density at radius 3 is 2.86 bits per heavy atom. The molecule has 0 saturated heterocycles. The van der Waals surface area contributed by atoms with Gasteiger partial charge in [-0.1, -0.05) is 31.0 Å². The molecule has 1 aliphatic heterocycles. The van der Waals surface area contributed by atoms with Gasteiger partial charge < -0.3 is 14.4 Å². The Morgan fingerprint density at radius 2 is 2.14 bits per heavy atom. The number of fused-ring (bicyclic) bond motifs is 1. The van der Waals surface area contributed by atoms with Crippen molar-refractivity contribution in [2.75, 3.05) is 6.54 Å². The highest BCUT2D eigenvalue weighted by molar-refractivity contribution is 7.10. The number of amides is 1. The smallest absolute Gasteiger partial charge is 0.290 e. The highest BCUT2D eigenvalue weighted by Gasteiger charge is 2.44. The van der Waals surface area contributed by atoms with Crippen LogP contribution in [0.4, 0.5) is 0 Å². The van der Waals surface area contributed by atoms with Crippen LogP contribution in [0.15, 0.2) is 57.5 Å². The second-order valence-electron chi connectivity index (χ2n) is 6.65. The van der Waals surface area contributed by atoms with E-state index < -0.39 is 23.5 Å². The summed E-state index contributed by atoms with van der Waals surface area (Å²) in [5.41, 5.74) is 0.585. The number of Topliss-reactive ketones (excluding diaryl/α,β-unsaturated/α-hetero) is 1. The van der Waals surface area contributed by atoms with Gasteiger partial charge in [0.15, 0.2) is 11.5 Å². The molecule has 1 N–H and O–H groups in total. The number of halogens is 1. The summed E-state index contributed by atoms with van der Waals surface area (Å²) in [6.45, 7) is 2.49. The monoisotopic (exact) mass is 415 g/mol. The summed E-state index contributed by atoms with van der Waals surface area (Å²) < 4.78 is 5.68. The number of furan rings is 1. The maximum Gasteiger partial charge on any atom is 0.290 e. The number of aliphatic hydroxyl groups excluding tert-OH is 1. The maximum absolute atomic E-state index is 13.3. The molecule has 1 unspecified atom stereocenters. The third-order valence-electron chi connectivity index (χ3n) is 4.82. The number of carbonyl (C=O) groups excluding carboxylic acids is 2. The summed E-state index contributed by atoms with van der Waals surface area (Å²) in [6.07, 6.45) is 1.68. The van der Waals surface area contributed by atoms with Gasteiger partial charge in [-0.3, -0.25) is 9.59 Å². The van der Waals surface area contributed by atoms with E-state index in [4.69, 9.17) is 16.0 Å². The molecule has 1 atom stereocenters. The number of hydrogen-bond acceptors (Lipinski definition) is 5. The Labute approximate surface area is 170 Å². The summed E-state index contributed by atoms with van der Waals surface area (Å²) in [4.78, 5) is 28.4. The van der Waals surface area contributed by atoms with Gasteiger partial charge in [0.1, 0.15) is 5.58 Å². The molecule has 1 aromatic carbocycles. The Morgan fingerprint density at radius 1 is 1.32 bits per heavy atom. The number of carbonyl (C=O) groups is 2. The number of unbranched alkanes of at least 4 members (excludes halogenated alkanes) is 1. The van der Waals surface area contributed by atoms with E-state index in [0.29, 0.717) is 22.5 Å². The van der Waals surface area contributed by atoms with E-state index in [9.17, 15) is 14.7 Å². The van der Waals surface area contributed by atoms with Crippen LogP contribution >= 0.6 is 22.9 Å². The lowest BCUT2D eigenvalue weighted by Crippen LogP contribution is -2.31. The number of thiophene rings is 1. The second-order valence-corrected chi connectivity index (χ2v) is 8.07. The van der Waals surface area contributed by atoms with E-state index >= 15 is 0 Å². The molecule has 0 fully saturated rings. The molecule has 0 radical (unpaired) electrons. The molecule has 3 heterocycles. The first kappa shape index (κ1) is 18.8. The lowest BCUT2D eigenvalue weighted by Gasteiger charge is -2.25. The van der Waals surface area contributed by atoms with Crippen molar-refractivity contribution >= 4 is 45.6 Å². The highest BCUT2D eigenvalue weighted by atomic mass is 35.5. The van der Waals surface area contributed by atoms with Gasteiger partial charge in [0.2, 0.25) is 5.78 Å². The van der Waals surface area contributed by atoms with Gasteiger partial charge >= 0.3 is 0 Å². The molecule has 0 bridgehead atoms. The average Bonchev–Trinajstić information content (AvgIpc) is 3.39. The lowest BCUT2D eigenvalue weighted by molar-refractivity contribution is -0.129. The molecule has 1 aliphatic rings. The molecule has 5 nitrogen and oxygen atoms in total. The fourth-order valence-corrected chi connectivity index (χ4v) is 4.47. The summed E-state index contributed by atoms with van der Waals surface area (Å²) in [5, 5.41) is 13.7. The fraction of sp³-hybridized carbons (Fsp3) is 0.238. The van der Waals surface area contributed by atoms with Crippen molar-refractivity contribution in [1.29, 1.82) is 0 Å². The van der Waals surface area contributed by atoms with Crippen molar-refractivity contribution in [1.82, 2.24) is 4.90 Å². The average molecular weight is 416 g/mol. The zero-order valence-electron chi connectivity index (χ0n) is 15.1. The van der Waals surface area contributed by atoms with E-state index in [1.54, 1.807) is 29.2 Å². The predicted molar refractivity (Wildman–Crippen MR) is 109 cm³/mol. The van der Waals surface area contributed by atoms with E-state index in [2.05, 4.69) is 0 Å². The Balaban J connectivity index is 1.78. The SMILES string of the molecule is CCCCN1C(=O)C(O)=C(C(=O)c2cc3cc(Cl)ccc3o2)C1c1cccs1. The minimum absolute atomic E-state index is 0.0636. The van der Waals surface area contributed by atoms with E-state index in [1.807, 2.05) is 24.4 Å². The first-order valence-corrected chi connectivity index (χ1v) is 10.3. The largest absolute Gasteiger partial charge is 0.503 e. The molecule has 0 spiro atoms. The first-order chi connectivity index (χ1) is 13.5. The van der Waals surface area contributed by atoms with Gasteiger partial charge in [0.25, 0.3) is 5.91 Å². The van der Waals surface area contributed by atoms with Gasteiger partial charge in [0.05, 0.1) is 11.6 Å². The van der Waals surface area contributed by atoms with Crippen molar-refractivity contribution in [2.45, 2.75) is 25.8 Å². The van der Waals surface area contributed by atoms with Gasteiger partial charge in [-0.25, -0.2) is 0 Å². The van der Waals surface area contributed by atoms with Crippen LogP contribution in [0.2, 0.25) is 5.02 Å². The quantitative estimate of drug-likeness (QED) is 0.537. The summed E-state index contributed by atoms with van der Waals surface area (Å²) in [6, 6.07) is 9.79. The van der Waals surface area contributed by atoms with Crippen LogP contribution in [0.25, 0.3) is 11.0 Å². The van der Waals surface area contributed by atoms with Crippen LogP contribution in [0.1, 0.15) is 41.2 Å². The van der Waals surface area contributed by atoms with Crippen LogP contribution in [0.3, 0.4) is 0 Å². The summed E-state index contributed by atoms with van der Waals surface area (Å²) in [7, 11) is 0. The third kappa shape index (κ3) is 3.12. The number of hydrogen-bond donors (Lipinski definition) is 1. The normalized spacial score (nSPS) is 17.1. The van der Waals surface area contributed by atoms with Crippen LogP contribution in [-0.2, 0) is 4.79 Å². The van der Waals surface area contributed by atoms with Crippen molar-refractivity contribution < 1.29 is 19.1 Å². The number of ketones is 1. The lowest BCUT2D eigenvalue weighted by atomic mass is 10.00. The van der Waals surface area contributed by atoms with Crippen LogP contribution < -0.4 is 0 Å². The Kier molecular flexibility index (Phi) is 5.00. The third-order valence-corrected chi connectivity index (χ3v) is 5.98. The molecule has 3 aromatic rings. The van der Waals surface area contributed by atoms with Gasteiger partial charge in [0, 0.05) is 21.8 Å². The molecule has 28 heavy (non-hydrogen) atoms. The van der Waals surface area contributed by atoms with Crippen LogP contribution in [0, 0.1) is 0 Å². The zero-order chi connectivity index (χ0) is 19.8. The molecule has 1 amide bonds. The van der Waals surface area contributed by atoms with E-state index in [-0.39, 0.29) is 11.3 Å². The van der Waals surface area contributed by atoms with Gasteiger partial charge in [-0.2, -0.15) is 0 Å². The first-order valence-electron chi connectivity index (χ1n) is 9.02. The Bertz CT molecular complexity index is 1080. The van der Waals surface area contributed by atoms with Crippen molar-refractivity contribution in [3.05, 3.63) is 68.8 Å². The van der Waals surface area contributed by atoms with Crippen molar-refractivity contribution in [3.8, 4) is 0 Å². The topological polar surface area (TPSA) is 70.8 Å². The van der Waals surface area contributed by atoms with E-state index in [0.717, 1.165) is 17.7 Å². The van der Waals surface area contributed by atoms with Crippen LogP contribution in [-0.4, -0.2) is 28.2 Å². The highest BCUT2D eigenvalue weighted by Crippen LogP contribution is 2.41. The van der Waals surface area contributed by atoms with Gasteiger partial charge in [-0.15, -0.1) is 11.3 Å². The Hall–Kier alpha value is -2.57. The molecule has 0 saturated carbocycles. The second kappa shape index (κ2) is 7.45. The maximum atomic E-state index is 13.3.